The molecule has 0 radical (unpaired) electrons. The highest BCUT2D eigenvalue weighted by Gasteiger charge is 2.15. The van der Waals surface area contributed by atoms with Gasteiger partial charge in [-0.15, -0.1) is 0 Å². The van der Waals surface area contributed by atoms with Crippen LogP contribution in [-0.2, 0) is 14.9 Å². The molecule has 1 aliphatic rings. The van der Waals surface area contributed by atoms with Gasteiger partial charge in [0.2, 0.25) is 0 Å². The molecular formula is C15H25NO4S. The van der Waals surface area contributed by atoms with Crippen LogP contribution in [0.1, 0.15) is 23.6 Å². The van der Waals surface area contributed by atoms with Crippen molar-refractivity contribution in [2.75, 3.05) is 32.8 Å². The summed E-state index contributed by atoms with van der Waals surface area (Å²) in [6.07, 6.45) is 0. The molecule has 0 saturated carbocycles. The zero-order chi connectivity index (χ0) is 16.0. The number of aryl methyl sites for hydroxylation is 3. The quantitative estimate of drug-likeness (QED) is 0.848. The Morgan fingerprint density at radius 2 is 1.62 bits per heavy atom. The summed E-state index contributed by atoms with van der Waals surface area (Å²) < 4.78 is 36.0. The Bertz CT molecular complexity index is 540. The summed E-state index contributed by atoms with van der Waals surface area (Å²) in [5.74, 6) is 0. The van der Waals surface area contributed by atoms with Gasteiger partial charge < -0.3 is 4.74 Å². The Morgan fingerprint density at radius 3 is 1.95 bits per heavy atom. The van der Waals surface area contributed by atoms with E-state index in [4.69, 9.17) is 9.29 Å². The van der Waals surface area contributed by atoms with Gasteiger partial charge in [0.15, 0.2) is 0 Å². The molecule has 1 saturated heterocycles. The normalized spacial score (nSPS) is 16.2. The van der Waals surface area contributed by atoms with Gasteiger partial charge >= 0.3 is 0 Å². The van der Waals surface area contributed by atoms with Crippen molar-refractivity contribution in [1.29, 1.82) is 0 Å². The van der Waals surface area contributed by atoms with Crippen LogP contribution < -0.4 is 0 Å². The van der Waals surface area contributed by atoms with Crippen LogP contribution in [-0.4, -0.2) is 50.7 Å². The number of rotatable bonds is 2. The van der Waals surface area contributed by atoms with Crippen molar-refractivity contribution in [3.8, 4) is 0 Å². The lowest BCUT2D eigenvalue weighted by molar-refractivity contribution is 0.0405. The minimum atomic E-state index is -4.08. The van der Waals surface area contributed by atoms with Crippen molar-refractivity contribution in [1.82, 2.24) is 4.90 Å². The summed E-state index contributed by atoms with van der Waals surface area (Å²) in [4.78, 5) is 2.42. The van der Waals surface area contributed by atoms with Crippen LogP contribution in [0.25, 0.3) is 0 Å². The lowest BCUT2D eigenvalue weighted by Gasteiger charge is -2.24. The van der Waals surface area contributed by atoms with Gasteiger partial charge in [-0.25, -0.2) is 0 Å². The summed E-state index contributed by atoms with van der Waals surface area (Å²) >= 11 is 0. The first-order valence-electron chi connectivity index (χ1n) is 7.11. The third-order valence-corrected chi connectivity index (χ3v) is 4.57. The molecule has 1 aliphatic heterocycles. The SMILES string of the molecule is CCN1CCOCC1.Cc1cc(C)c(S(=O)(=O)O)c(C)c1. The highest BCUT2D eigenvalue weighted by atomic mass is 32.2. The van der Waals surface area contributed by atoms with E-state index in [9.17, 15) is 8.42 Å². The second kappa shape index (κ2) is 7.89. The van der Waals surface area contributed by atoms with E-state index in [0.29, 0.717) is 11.1 Å². The van der Waals surface area contributed by atoms with Crippen molar-refractivity contribution in [3.05, 3.63) is 28.8 Å². The van der Waals surface area contributed by atoms with Crippen molar-refractivity contribution in [3.63, 3.8) is 0 Å². The van der Waals surface area contributed by atoms with Gasteiger partial charge in [-0.2, -0.15) is 8.42 Å². The molecular weight excluding hydrogens is 290 g/mol. The van der Waals surface area contributed by atoms with Crippen LogP contribution in [0.3, 0.4) is 0 Å². The number of nitrogens with zero attached hydrogens (tertiary/aromatic N) is 1. The van der Waals surface area contributed by atoms with E-state index in [0.717, 1.165) is 31.9 Å². The summed E-state index contributed by atoms with van der Waals surface area (Å²) in [6, 6.07) is 3.46. The van der Waals surface area contributed by atoms with E-state index >= 15 is 0 Å². The third-order valence-electron chi connectivity index (χ3n) is 3.41. The standard InChI is InChI=1S/C9H12O3S.C6H13NO/c1-6-4-7(2)9(8(3)5-6)13(10,11)12;1-2-7-3-5-8-6-4-7/h4-5H,1-3H3,(H,10,11,12);2-6H2,1H3. The number of likely N-dealkylation sites (N-methyl/N-ethyl adjacent to an activating group) is 1. The largest absolute Gasteiger partial charge is 0.379 e. The van der Waals surface area contributed by atoms with Crippen molar-refractivity contribution < 1.29 is 17.7 Å². The van der Waals surface area contributed by atoms with E-state index in [2.05, 4.69) is 11.8 Å². The molecule has 1 N–H and O–H groups in total. The minimum absolute atomic E-state index is 0.0260. The van der Waals surface area contributed by atoms with Crippen LogP contribution in [0.4, 0.5) is 0 Å². The summed E-state index contributed by atoms with van der Waals surface area (Å²) in [7, 11) is -4.08. The van der Waals surface area contributed by atoms with Crippen LogP contribution in [0.2, 0.25) is 0 Å². The van der Waals surface area contributed by atoms with Crippen LogP contribution in [0, 0.1) is 20.8 Å². The van der Waals surface area contributed by atoms with Crippen molar-refractivity contribution in [2.24, 2.45) is 0 Å². The van der Waals surface area contributed by atoms with E-state index in [-0.39, 0.29) is 4.90 Å². The van der Waals surface area contributed by atoms with Gasteiger partial charge in [-0.3, -0.25) is 9.45 Å². The molecule has 1 heterocycles. The van der Waals surface area contributed by atoms with Crippen LogP contribution in [0.15, 0.2) is 17.0 Å². The molecule has 1 fully saturated rings. The lowest BCUT2D eigenvalue weighted by Crippen LogP contribution is -2.35. The van der Waals surface area contributed by atoms with Gasteiger partial charge in [-0.05, 0) is 38.4 Å². The Kier molecular flexibility index (Phi) is 6.80. The molecule has 1 aromatic carbocycles. The number of hydrogen-bond donors (Lipinski definition) is 1. The zero-order valence-electron chi connectivity index (χ0n) is 13.2. The number of ether oxygens (including phenoxy) is 1. The summed E-state index contributed by atoms with van der Waals surface area (Å²) in [5, 5.41) is 0. The molecule has 5 nitrogen and oxygen atoms in total. The maximum atomic E-state index is 10.9. The first kappa shape index (κ1) is 18.1. The average molecular weight is 315 g/mol. The summed E-state index contributed by atoms with van der Waals surface area (Å²) in [5.41, 5.74) is 2.16. The van der Waals surface area contributed by atoms with E-state index in [1.54, 1.807) is 26.0 Å². The van der Waals surface area contributed by atoms with Gasteiger partial charge in [0.25, 0.3) is 10.1 Å². The topological polar surface area (TPSA) is 66.8 Å². The highest BCUT2D eigenvalue weighted by molar-refractivity contribution is 7.86. The Balaban J connectivity index is 0.000000235. The first-order valence-corrected chi connectivity index (χ1v) is 8.55. The highest BCUT2D eigenvalue weighted by Crippen LogP contribution is 2.20. The van der Waals surface area contributed by atoms with Crippen LogP contribution in [0.5, 0.6) is 0 Å². The molecule has 2 rings (SSSR count). The monoisotopic (exact) mass is 315 g/mol. The minimum Gasteiger partial charge on any atom is -0.379 e. The maximum Gasteiger partial charge on any atom is 0.295 e. The van der Waals surface area contributed by atoms with Crippen molar-refractivity contribution in [2.45, 2.75) is 32.6 Å². The van der Waals surface area contributed by atoms with Crippen LogP contribution >= 0.6 is 0 Å². The fraction of sp³-hybridized carbons (Fsp3) is 0.600. The van der Waals surface area contributed by atoms with E-state index < -0.39 is 10.1 Å². The predicted molar refractivity (Wildman–Crippen MR) is 83.4 cm³/mol. The van der Waals surface area contributed by atoms with E-state index in [1.807, 2.05) is 6.92 Å². The molecule has 0 unspecified atom stereocenters. The Hall–Kier alpha value is -0.950. The van der Waals surface area contributed by atoms with Crippen molar-refractivity contribution >= 4 is 10.1 Å². The Morgan fingerprint density at radius 1 is 1.14 bits per heavy atom. The fourth-order valence-corrected chi connectivity index (χ4v) is 3.42. The van der Waals surface area contributed by atoms with Gasteiger partial charge in [0.1, 0.15) is 0 Å². The zero-order valence-corrected chi connectivity index (χ0v) is 14.0. The van der Waals surface area contributed by atoms with Gasteiger partial charge in [-0.1, -0.05) is 24.6 Å². The molecule has 0 amide bonds. The second-order valence-corrected chi connectivity index (χ2v) is 6.61. The molecule has 120 valence electrons. The molecule has 6 heteroatoms. The molecule has 1 aromatic rings. The molecule has 0 aliphatic carbocycles. The fourth-order valence-electron chi connectivity index (χ4n) is 2.49. The molecule has 21 heavy (non-hydrogen) atoms. The molecule has 0 atom stereocenters. The second-order valence-electron chi connectivity index (χ2n) is 5.25. The lowest BCUT2D eigenvalue weighted by atomic mass is 10.1. The average Bonchev–Trinajstić information content (AvgIpc) is 2.37. The third kappa shape index (κ3) is 5.74. The molecule has 0 aromatic heterocycles. The Labute approximate surface area is 127 Å². The molecule has 0 spiro atoms. The molecule has 0 bridgehead atoms. The number of morpholine rings is 1. The van der Waals surface area contributed by atoms with Gasteiger partial charge in [0.05, 0.1) is 18.1 Å². The smallest absolute Gasteiger partial charge is 0.295 e. The summed E-state index contributed by atoms with van der Waals surface area (Å²) in [6.45, 7) is 12.7. The predicted octanol–water partition coefficient (Wildman–Crippen LogP) is 2.20. The number of hydrogen-bond acceptors (Lipinski definition) is 4. The number of benzene rings is 1. The maximum absolute atomic E-state index is 10.9. The first-order chi connectivity index (χ1) is 9.75. The van der Waals surface area contributed by atoms with Gasteiger partial charge in [0, 0.05) is 13.1 Å². The van der Waals surface area contributed by atoms with E-state index in [1.165, 1.54) is 6.54 Å².